The molecule has 0 aliphatic carbocycles. The van der Waals surface area contributed by atoms with Crippen LogP contribution in [-0.2, 0) is 30.6 Å². The van der Waals surface area contributed by atoms with Gasteiger partial charge in [-0.1, -0.05) is 48.5 Å². The van der Waals surface area contributed by atoms with Gasteiger partial charge < -0.3 is 10.1 Å². The van der Waals surface area contributed by atoms with Crippen molar-refractivity contribution in [3.05, 3.63) is 66.2 Å². The van der Waals surface area contributed by atoms with Gasteiger partial charge in [-0.05, 0) is 30.5 Å². The van der Waals surface area contributed by atoms with Crippen molar-refractivity contribution in [2.24, 2.45) is 0 Å². The summed E-state index contributed by atoms with van der Waals surface area (Å²) in [6.45, 7) is 1.38. The second kappa shape index (κ2) is 9.87. The number of nitrogens with one attached hydrogen (secondary N) is 1. The first-order chi connectivity index (χ1) is 12.9. The Hall–Kier alpha value is -2.67. The predicted octanol–water partition coefficient (Wildman–Crippen LogP) is 2.14. The molecule has 2 aromatic carbocycles. The minimum Gasteiger partial charge on any atom is -0.464 e. The van der Waals surface area contributed by atoms with E-state index in [9.17, 15) is 18.0 Å². The van der Waals surface area contributed by atoms with Crippen molar-refractivity contribution < 1.29 is 22.7 Å². The highest BCUT2D eigenvalue weighted by atomic mass is 32.2. The number of esters is 1. The van der Waals surface area contributed by atoms with Crippen LogP contribution in [0.5, 0.6) is 0 Å². The van der Waals surface area contributed by atoms with Gasteiger partial charge in [0.2, 0.25) is 5.91 Å². The quantitative estimate of drug-likeness (QED) is 0.524. The van der Waals surface area contributed by atoms with E-state index in [-0.39, 0.29) is 11.5 Å². The van der Waals surface area contributed by atoms with Gasteiger partial charge in [0.15, 0.2) is 9.84 Å². The van der Waals surface area contributed by atoms with Crippen LogP contribution in [0.1, 0.15) is 18.9 Å². The topological polar surface area (TPSA) is 89.5 Å². The zero-order valence-corrected chi connectivity index (χ0v) is 15.9. The largest absolute Gasteiger partial charge is 0.464 e. The van der Waals surface area contributed by atoms with Gasteiger partial charge in [-0.25, -0.2) is 13.2 Å². The maximum Gasteiger partial charge on any atom is 0.329 e. The Morgan fingerprint density at radius 3 is 2.19 bits per heavy atom. The van der Waals surface area contributed by atoms with Crippen molar-refractivity contribution in [3.8, 4) is 0 Å². The zero-order chi connectivity index (χ0) is 19.7. The lowest BCUT2D eigenvalue weighted by atomic mass is 10.1. The molecular formula is C20H23NO5S. The lowest BCUT2D eigenvalue weighted by Gasteiger charge is -2.17. The van der Waals surface area contributed by atoms with E-state index in [0.717, 1.165) is 12.0 Å². The Balaban J connectivity index is 1.94. The number of hydrogen-bond donors (Lipinski definition) is 1. The molecule has 0 unspecified atom stereocenters. The molecule has 0 aromatic heterocycles. The summed E-state index contributed by atoms with van der Waals surface area (Å²) in [5.41, 5.74) is 1.12. The van der Waals surface area contributed by atoms with Crippen LogP contribution in [0.25, 0.3) is 0 Å². The Labute approximate surface area is 159 Å². The number of amides is 1. The van der Waals surface area contributed by atoms with Crippen molar-refractivity contribution in [2.75, 3.05) is 12.4 Å². The van der Waals surface area contributed by atoms with Crippen molar-refractivity contribution >= 4 is 21.7 Å². The van der Waals surface area contributed by atoms with Gasteiger partial charge in [0.1, 0.15) is 6.04 Å². The predicted molar refractivity (Wildman–Crippen MR) is 102 cm³/mol. The minimum absolute atomic E-state index is 0.0947. The van der Waals surface area contributed by atoms with Crippen LogP contribution in [0.15, 0.2) is 65.6 Å². The Bertz CT molecular complexity index is 850. The van der Waals surface area contributed by atoms with Gasteiger partial charge in [-0.3, -0.25) is 4.79 Å². The van der Waals surface area contributed by atoms with Gasteiger partial charge >= 0.3 is 5.97 Å². The summed E-state index contributed by atoms with van der Waals surface area (Å²) in [4.78, 5) is 23.8. The fourth-order valence-electron chi connectivity index (χ4n) is 2.55. The molecule has 0 aliphatic rings. The summed E-state index contributed by atoms with van der Waals surface area (Å²) in [5, 5.41) is 2.37. The second-order valence-electron chi connectivity index (χ2n) is 6.10. The van der Waals surface area contributed by atoms with E-state index < -0.39 is 33.5 Å². The summed E-state index contributed by atoms with van der Waals surface area (Å²) < 4.78 is 30.2. The van der Waals surface area contributed by atoms with Crippen LogP contribution in [0.4, 0.5) is 0 Å². The molecule has 0 heterocycles. The highest BCUT2D eigenvalue weighted by molar-refractivity contribution is 7.91. The molecule has 0 bridgehead atoms. The average Bonchev–Trinajstić information content (AvgIpc) is 2.65. The van der Waals surface area contributed by atoms with E-state index >= 15 is 0 Å². The Morgan fingerprint density at radius 1 is 1.00 bits per heavy atom. The maximum absolute atomic E-state index is 12.5. The Kier molecular flexibility index (Phi) is 7.55. The van der Waals surface area contributed by atoms with Gasteiger partial charge in [0.25, 0.3) is 0 Å². The van der Waals surface area contributed by atoms with E-state index in [1.54, 1.807) is 18.2 Å². The molecule has 0 fully saturated rings. The lowest BCUT2D eigenvalue weighted by molar-refractivity contribution is -0.147. The van der Waals surface area contributed by atoms with E-state index in [4.69, 9.17) is 4.74 Å². The molecule has 1 atom stereocenters. The summed E-state index contributed by atoms with van der Waals surface area (Å²) in [5.74, 6) is -1.80. The molecule has 7 heteroatoms. The summed E-state index contributed by atoms with van der Waals surface area (Å²) in [7, 11) is -3.74. The first-order valence-corrected chi connectivity index (χ1v) is 10.3. The third kappa shape index (κ3) is 6.86. The number of carbonyl (C=O) groups is 2. The van der Waals surface area contributed by atoms with Crippen molar-refractivity contribution in [2.45, 2.75) is 30.7 Å². The standard InChI is InChI=1S/C20H23NO5S/c1-16(22)21-19(15-27(24,25)18-12-6-3-7-13-18)20(23)26-14-8-11-17-9-4-2-5-10-17/h2-7,9-10,12-13,19H,8,11,14-15H2,1H3,(H,21,22)/t19-/m0/s1. The van der Waals surface area contributed by atoms with E-state index in [0.29, 0.717) is 6.42 Å². The summed E-state index contributed by atoms with van der Waals surface area (Å²) in [6.07, 6.45) is 1.34. The van der Waals surface area contributed by atoms with Gasteiger partial charge in [-0.15, -0.1) is 0 Å². The summed E-state index contributed by atoms with van der Waals surface area (Å²) in [6, 6.07) is 16.3. The molecule has 2 rings (SSSR count). The normalized spacial score (nSPS) is 12.2. The molecule has 1 amide bonds. The third-order valence-corrected chi connectivity index (χ3v) is 5.61. The first kappa shape index (κ1) is 20.6. The highest BCUT2D eigenvalue weighted by Gasteiger charge is 2.28. The number of carbonyl (C=O) groups excluding carboxylic acids is 2. The van der Waals surface area contributed by atoms with E-state index in [1.165, 1.54) is 19.1 Å². The maximum atomic E-state index is 12.5. The number of ether oxygens (including phenoxy) is 1. The second-order valence-corrected chi connectivity index (χ2v) is 8.14. The van der Waals surface area contributed by atoms with Gasteiger partial charge in [0, 0.05) is 6.92 Å². The molecule has 6 nitrogen and oxygen atoms in total. The van der Waals surface area contributed by atoms with Gasteiger partial charge in [-0.2, -0.15) is 0 Å². The number of rotatable bonds is 9. The fourth-order valence-corrected chi connectivity index (χ4v) is 3.97. The third-order valence-electron chi connectivity index (χ3n) is 3.85. The lowest BCUT2D eigenvalue weighted by Crippen LogP contribution is -2.45. The molecule has 27 heavy (non-hydrogen) atoms. The molecule has 2 aromatic rings. The number of benzene rings is 2. The molecule has 1 N–H and O–H groups in total. The van der Waals surface area contributed by atoms with Crippen LogP contribution in [-0.4, -0.2) is 38.7 Å². The molecule has 0 aliphatic heterocycles. The fraction of sp³-hybridized carbons (Fsp3) is 0.300. The van der Waals surface area contributed by atoms with Crippen molar-refractivity contribution in [1.82, 2.24) is 5.32 Å². The number of aryl methyl sites for hydroxylation is 1. The molecule has 0 spiro atoms. The number of sulfone groups is 1. The Morgan fingerprint density at radius 2 is 1.59 bits per heavy atom. The van der Waals surface area contributed by atoms with Crippen molar-refractivity contribution in [1.29, 1.82) is 0 Å². The first-order valence-electron chi connectivity index (χ1n) is 8.64. The van der Waals surface area contributed by atoms with Crippen molar-refractivity contribution in [3.63, 3.8) is 0 Å². The van der Waals surface area contributed by atoms with Crippen LogP contribution < -0.4 is 5.32 Å². The van der Waals surface area contributed by atoms with Crippen LogP contribution >= 0.6 is 0 Å². The number of hydrogen-bond acceptors (Lipinski definition) is 5. The molecule has 144 valence electrons. The molecule has 0 saturated carbocycles. The molecule has 0 saturated heterocycles. The van der Waals surface area contributed by atoms with Gasteiger partial charge in [0.05, 0.1) is 17.3 Å². The smallest absolute Gasteiger partial charge is 0.329 e. The monoisotopic (exact) mass is 389 g/mol. The van der Waals surface area contributed by atoms with Crippen LogP contribution in [0, 0.1) is 0 Å². The zero-order valence-electron chi connectivity index (χ0n) is 15.1. The minimum atomic E-state index is -3.74. The SMILES string of the molecule is CC(=O)N[C@@H](CS(=O)(=O)c1ccccc1)C(=O)OCCCc1ccccc1. The van der Waals surface area contributed by atoms with Crippen LogP contribution in [0.3, 0.4) is 0 Å². The molecule has 0 radical (unpaired) electrons. The summed E-state index contributed by atoms with van der Waals surface area (Å²) >= 11 is 0. The van der Waals surface area contributed by atoms with E-state index in [1.807, 2.05) is 30.3 Å². The highest BCUT2D eigenvalue weighted by Crippen LogP contribution is 2.12. The average molecular weight is 389 g/mol. The van der Waals surface area contributed by atoms with Crippen LogP contribution in [0.2, 0.25) is 0 Å². The molecular weight excluding hydrogens is 366 g/mol. The van der Waals surface area contributed by atoms with E-state index in [2.05, 4.69) is 5.32 Å².